The fraction of sp³-hybridized carbons (Fsp3) is 0.0833. The van der Waals surface area contributed by atoms with Gasteiger partial charge in [0.25, 0.3) is 0 Å². The molecule has 0 atom stereocenters. The lowest BCUT2D eigenvalue weighted by Crippen LogP contribution is -1.93. The number of hydrogen-bond acceptors (Lipinski definition) is 3. The predicted molar refractivity (Wildman–Crippen MR) is 60.3 cm³/mol. The highest BCUT2D eigenvalue weighted by Gasteiger charge is 1.96. The maximum atomic E-state index is 4.32. The second kappa shape index (κ2) is 4.46. The molecule has 3 heteroatoms. The molecule has 0 radical (unpaired) electrons. The van der Waals surface area contributed by atoms with E-state index >= 15 is 0 Å². The molecule has 3 nitrogen and oxygen atoms in total. The quantitative estimate of drug-likeness (QED) is 0.694. The molecular weight excluding hydrogens is 186 g/mol. The summed E-state index contributed by atoms with van der Waals surface area (Å²) in [5.41, 5.74) is 2.01. The van der Waals surface area contributed by atoms with E-state index in [4.69, 9.17) is 0 Å². The molecule has 1 heterocycles. The van der Waals surface area contributed by atoms with Crippen molar-refractivity contribution < 1.29 is 0 Å². The van der Waals surface area contributed by atoms with Crippen LogP contribution in [0.2, 0.25) is 0 Å². The highest BCUT2D eigenvalue weighted by Crippen LogP contribution is 2.06. The van der Waals surface area contributed by atoms with Gasteiger partial charge in [0.15, 0.2) is 0 Å². The zero-order valence-corrected chi connectivity index (χ0v) is 8.46. The van der Waals surface area contributed by atoms with Gasteiger partial charge in [-0.25, -0.2) is 15.0 Å². The Morgan fingerprint density at radius 2 is 1.67 bits per heavy atom. The van der Waals surface area contributed by atoms with Gasteiger partial charge in [0, 0.05) is 18.1 Å². The minimum absolute atomic E-state index is 0.499. The van der Waals surface area contributed by atoms with Crippen molar-refractivity contribution in [3.05, 3.63) is 54.4 Å². The first-order valence-electron chi connectivity index (χ1n) is 4.74. The van der Waals surface area contributed by atoms with Gasteiger partial charge in [0.2, 0.25) is 5.95 Å². The average Bonchev–Trinajstić information content (AvgIpc) is 2.31. The van der Waals surface area contributed by atoms with Gasteiger partial charge in [-0.05, 0) is 18.6 Å². The summed E-state index contributed by atoms with van der Waals surface area (Å²) >= 11 is 0. The SMILES string of the molecule is C/C(=N\c1ncccn1)c1ccccc1. The largest absolute Gasteiger partial charge is 0.249 e. The Kier molecular flexibility index (Phi) is 2.83. The molecule has 2 rings (SSSR count). The molecule has 0 N–H and O–H groups in total. The van der Waals surface area contributed by atoms with E-state index in [-0.39, 0.29) is 0 Å². The van der Waals surface area contributed by atoms with Crippen LogP contribution in [0, 0.1) is 0 Å². The van der Waals surface area contributed by atoms with Crippen molar-refractivity contribution in [1.29, 1.82) is 0 Å². The standard InChI is InChI=1S/C12H11N3/c1-10(11-6-3-2-4-7-11)15-12-13-8-5-9-14-12/h2-9H,1H3/b15-10+. The van der Waals surface area contributed by atoms with Gasteiger partial charge in [-0.2, -0.15) is 0 Å². The van der Waals surface area contributed by atoms with E-state index in [1.165, 1.54) is 0 Å². The van der Waals surface area contributed by atoms with Crippen LogP contribution >= 0.6 is 0 Å². The lowest BCUT2D eigenvalue weighted by Gasteiger charge is -1.98. The van der Waals surface area contributed by atoms with Crippen LogP contribution in [0.15, 0.2) is 53.8 Å². The molecule has 1 aromatic heterocycles. The Bertz CT molecular complexity index is 449. The highest BCUT2D eigenvalue weighted by atomic mass is 15.0. The number of aromatic nitrogens is 2. The van der Waals surface area contributed by atoms with Crippen LogP contribution in [0.25, 0.3) is 0 Å². The van der Waals surface area contributed by atoms with Crippen molar-refractivity contribution in [2.75, 3.05) is 0 Å². The summed E-state index contributed by atoms with van der Waals surface area (Å²) in [6.07, 6.45) is 3.37. The summed E-state index contributed by atoms with van der Waals surface area (Å²) in [5.74, 6) is 0.499. The highest BCUT2D eigenvalue weighted by molar-refractivity contribution is 5.99. The Morgan fingerprint density at radius 1 is 1.00 bits per heavy atom. The van der Waals surface area contributed by atoms with Crippen molar-refractivity contribution in [2.45, 2.75) is 6.92 Å². The molecule has 2 aromatic rings. The van der Waals surface area contributed by atoms with Crippen LogP contribution < -0.4 is 0 Å². The molecule has 0 amide bonds. The molecule has 0 aliphatic heterocycles. The van der Waals surface area contributed by atoms with Gasteiger partial charge in [-0.1, -0.05) is 30.3 Å². The van der Waals surface area contributed by atoms with E-state index in [1.54, 1.807) is 18.5 Å². The van der Waals surface area contributed by atoms with Gasteiger partial charge in [0.1, 0.15) is 0 Å². The van der Waals surface area contributed by atoms with Gasteiger partial charge in [0.05, 0.1) is 0 Å². The van der Waals surface area contributed by atoms with Gasteiger partial charge >= 0.3 is 0 Å². The van der Waals surface area contributed by atoms with Gasteiger partial charge in [-0.15, -0.1) is 0 Å². The zero-order valence-electron chi connectivity index (χ0n) is 8.46. The van der Waals surface area contributed by atoms with Crippen molar-refractivity contribution >= 4 is 11.7 Å². The Morgan fingerprint density at radius 3 is 2.33 bits per heavy atom. The third-order valence-corrected chi connectivity index (χ3v) is 2.01. The van der Waals surface area contributed by atoms with Crippen LogP contribution in [-0.4, -0.2) is 15.7 Å². The van der Waals surface area contributed by atoms with Gasteiger partial charge < -0.3 is 0 Å². The van der Waals surface area contributed by atoms with Gasteiger partial charge in [-0.3, -0.25) is 0 Å². The molecule has 0 aliphatic carbocycles. The van der Waals surface area contributed by atoms with Crippen LogP contribution in [0.4, 0.5) is 5.95 Å². The smallest absolute Gasteiger partial charge is 0.220 e. The number of hydrogen-bond donors (Lipinski definition) is 0. The van der Waals surface area contributed by atoms with Crippen molar-refractivity contribution in [3.8, 4) is 0 Å². The first kappa shape index (κ1) is 9.52. The Labute approximate surface area is 88.6 Å². The molecule has 74 valence electrons. The number of aliphatic imine (C=N–C) groups is 1. The summed E-state index contributed by atoms with van der Waals surface area (Å²) < 4.78 is 0. The molecule has 0 bridgehead atoms. The number of nitrogens with zero attached hydrogens (tertiary/aromatic N) is 3. The van der Waals surface area contributed by atoms with E-state index in [9.17, 15) is 0 Å². The molecule has 0 spiro atoms. The molecule has 1 aromatic carbocycles. The first-order valence-corrected chi connectivity index (χ1v) is 4.74. The maximum absolute atomic E-state index is 4.32. The van der Waals surface area contributed by atoms with E-state index in [2.05, 4.69) is 15.0 Å². The Balaban J connectivity index is 2.29. The first-order chi connectivity index (χ1) is 7.36. The van der Waals surface area contributed by atoms with E-state index < -0.39 is 0 Å². The van der Waals surface area contributed by atoms with Crippen molar-refractivity contribution in [1.82, 2.24) is 9.97 Å². The lowest BCUT2D eigenvalue weighted by molar-refractivity contribution is 1.13. The fourth-order valence-corrected chi connectivity index (χ4v) is 1.24. The van der Waals surface area contributed by atoms with Crippen LogP contribution in [0.5, 0.6) is 0 Å². The normalized spacial score (nSPS) is 11.4. The summed E-state index contributed by atoms with van der Waals surface area (Å²) in [6.45, 7) is 1.95. The number of benzene rings is 1. The molecule has 15 heavy (non-hydrogen) atoms. The van der Waals surface area contributed by atoms with Crippen LogP contribution in [0.1, 0.15) is 12.5 Å². The molecule has 0 fully saturated rings. The second-order valence-corrected chi connectivity index (χ2v) is 3.11. The minimum Gasteiger partial charge on any atom is -0.220 e. The molecular formula is C12H11N3. The van der Waals surface area contributed by atoms with Crippen LogP contribution in [-0.2, 0) is 0 Å². The predicted octanol–water partition coefficient (Wildman–Crippen LogP) is 2.62. The lowest BCUT2D eigenvalue weighted by atomic mass is 10.1. The maximum Gasteiger partial charge on any atom is 0.249 e. The third kappa shape index (κ3) is 2.47. The van der Waals surface area contributed by atoms with Crippen molar-refractivity contribution in [2.24, 2.45) is 4.99 Å². The summed E-state index contributed by atoms with van der Waals surface area (Å²) in [5, 5.41) is 0. The third-order valence-electron chi connectivity index (χ3n) is 2.01. The second-order valence-electron chi connectivity index (χ2n) is 3.11. The van der Waals surface area contributed by atoms with Crippen molar-refractivity contribution in [3.63, 3.8) is 0 Å². The Hall–Kier alpha value is -2.03. The zero-order chi connectivity index (χ0) is 10.5. The van der Waals surface area contributed by atoms with E-state index in [0.717, 1.165) is 11.3 Å². The molecule has 0 saturated heterocycles. The summed E-state index contributed by atoms with van der Waals surface area (Å²) in [7, 11) is 0. The minimum atomic E-state index is 0.499. The van der Waals surface area contributed by atoms with Crippen LogP contribution in [0.3, 0.4) is 0 Å². The summed E-state index contributed by atoms with van der Waals surface area (Å²) in [4.78, 5) is 12.4. The molecule has 0 aliphatic rings. The summed E-state index contributed by atoms with van der Waals surface area (Å²) in [6, 6.07) is 11.8. The number of rotatable bonds is 2. The van der Waals surface area contributed by atoms with E-state index in [1.807, 2.05) is 37.3 Å². The molecule has 0 saturated carbocycles. The monoisotopic (exact) mass is 197 g/mol. The van der Waals surface area contributed by atoms with E-state index in [0.29, 0.717) is 5.95 Å². The molecule has 0 unspecified atom stereocenters. The fourth-order valence-electron chi connectivity index (χ4n) is 1.24. The topological polar surface area (TPSA) is 38.1 Å². The average molecular weight is 197 g/mol.